The van der Waals surface area contributed by atoms with E-state index >= 15 is 0 Å². The maximum absolute atomic E-state index is 12.4. The zero-order chi connectivity index (χ0) is 27.5. The van der Waals surface area contributed by atoms with Crippen LogP contribution in [0.3, 0.4) is 0 Å². The summed E-state index contributed by atoms with van der Waals surface area (Å²) < 4.78 is 14.2. The van der Waals surface area contributed by atoms with Crippen LogP contribution in [0.5, 0.6) is 0 Å². The Hall–Kier alpha value is -3.58. The maximum Gasteiger partial charge on any atom is 0.410 e. The van der Waals surface area contributed by atoms with Gasteiger partial charge in [-0.15, -0.1) is 0 Å². The lowest BCUT2D eigenvalue weighted by atomic mass is 10.1. The Bertz CT molecular complexity index is 1320. The van der Waals surface area contributed by atoms with Crippen molar-refractivity contribution in [2.45, 2.75) is 38.8 Å². The lowest BCUT2D eigenvalue weighted by Crippen LogP contribution is -2.40. The molecule has 12 nitrogen and oxygen atoms in total. The third-order valence-electron chi connectivity index (χ3n) is 6.93. The number of morpholine rings is 1. The van der Waals surface area contributed by atoms with Gasteiger partial charge in [0.05, 0.1) is 42.6 Å². The SMILES string of the molecule is CNC(=O)N(S)c1ccc(-c2nc(N3CCOCC3)c3cnn(C4CCN(C(=O)OC(C)C)CC4)c3n2)cc1. The molecule has 5 rings (SSSR count). The second kappa shape index (κ2) is 11.7. The lowest BCUT2D eigenvalue weighted by Gasteiger charge is -2.32. The maximum atomic E-state index is 12.4. The smallest absolute Gasteiger partial charge is 0.410 e. The molecule has 13 heteroatoms. The van der Waals surface area contributed by atoms with Crippen molar-refractivity contribution in [3.05, 3.63) is 30.5 Å². The first-order chi connectivity index (χ1) is 18.9. The zero-order valence-corrected chi connectivity index (χ0v) is 23.3. The van der Waals surface area contributed by atoms with Crippen molar-refractivity contribution in [3.63, 3.8) is 0 Å². The molecule has 2 aromatic heterocycles. The summed E-state index contributed by atoms with van der Waals surface area (Å²) in [5.41, 5.74) is 2.20. The van der Waals surface area contributed by atoms with Crippen LogP contribution < -0.4 is 14.5 Å². The predicted molar refractivity (Wildman–Crippen MR) is 151 cm³/mol. The molecule has 0 bridgehead atoms. The van der Waals surface area contributed by atoms with Crippen molar-refractivity contribution >= 4 is 47.5 Å². The molecule has 0 unspecified atom stereocenters. The number of hydrogen-bond acceptors (Lipinski definition) is 9. The number of benzene rings is 1. The molecule has 2 aliphatic heterocycles. The fourth-order valence-corrected chi connectivity index (χ4v) is 5.10. The number of urea groups is 1. The molecule has 3 aromatic rings. The number of thiol groups is 1. The van der Waals surface area contributed by atoms with E-state index in [4.69, 9.17) is 24.5 Å². The first-order valence-corrected chi connectivity index (χ1v) is 13.6. The molecule has 39 heavy (non-hydrogen) atoms. The number of anilines is 2. The average molecular weight is 555 g/mol. The van der Waals surface area contributed by atoms with Crippen molar-refractivity contribution in [3.8, 4) is 11.4 Å². The van der Waals surface area contributed by atoms with Crippen LogP contribution in [0.1, 0.15) is 32.7 Å². The van der Waals surface area contributed by atoms with Gasteiger partial charge in [0, 0.05) is 38.8 Å². The van der Waals surface area contributed by atoms with Crippen molar-refractivity contribution in [2.24, 2.45) is 0 Å². The summed E-state index contributed by atoms with van der Waals surface area (Å²) in [6.45, 7) is 7.62. The summed E-state index contributed by atoms with van der Waals surface area (Å²) in [6.07, 6.45) is 2.93. The van der Waals surface area contributed by atoms with Crippen LogP contribution in [-0.2, 0) is 9.47 Å². The zero-order valence-electron chi connectivity index (χ0n) is 22.4. The molecule has 0 radical (unpaired) electrons. The summed E-state index contributed by atoms with van der Waals surface area (Å²) >= 11 is 4.28. The Labute approximate surface area is 232 Å². The number of fused-ring (bicyclic) bond motifs is 1. The number of nitrogens with zero attached hydrogens (tertiary/aromatic N) is 7. The summed E-state index contributed by atoms with van der Waals surface area (Å²) in [6, 6.07) is 7.15. The number of nitrogens with one attached hydrogen (secondary N) is 1. The first kappa shape index (κ1) is 27.0. The highest BCUT2D eigenvalue weighted by Gasteiger charge is 2.28. The Kier molecular flexibility index (Phi) is 8.07. The van der Waals surface area contributed by atoms with E-state index in [0.29, 0.717) is 37.8 Å². The average Bonchev–Trinajstić information content (AvgIpc) is 3.40. The number of amides is 3. The van der Waals surface area contributed by atoms with E-state index < -0.39 is 0 Å². The molecule has 3 amide bonds. The fourth-order valence-electron chi connectivity index (χ4n) is 4.87. The number of ether oxygens (including phenoxy) is 2. The third-order valence-corrected chi connectivity index (χ3v) is 7.34. The molecule has 0 saturated carbocycles. The number of likely N-dealkylation sites (tertiary alicyclic amines) is 1. The molecular weight excluding hydrogens is 520 g/mol. The van der Waals surface area contributed by atoms with Gasteiger partial charge in [0.25, 0.3) is 0 Å². The largest absolute Gasteiger partial charge is 0.447 e. The van der Waals surface area contributed by atoms with E-state index in [-0.39, 0.29) is 24.3 Å². The van der Waals surface area contributed by atoms with E-state index in [0.717, 1.165) is 48.3 Å². The van der Waals surface area contributed by atoms with Gasteiger partial charge in [-0.2, -0.15) is 5.10 Å². The number of piperidine rings is 1. The molecule has 0 spiro atoms. The van der Waals surface area contributed by atoms with Crippen LogP contribution in [0.15, 0.2) is 30.5 Å². The molecule has 2 fully saturated rings. The number of hydrogen-bond donors (Lipinski definition) is 2. The van der Waals surface area contributed by atoms with Crippen LogP contribution in [0.4, 0.5) is 21.1 Å². The number of carbonyl (C=O) groups excluding carboxylic acids is 2. The van der Waals surface area contributed by atoms with Crippen molar-refractivity contribution in [1.82, 2.24) is 30.0 Å². The molecule has 2 aliphatic rings. The Morgan fingerprint density at radius 2 is 1.79 bits per heavy atom. The van der Waals surface area contributed by atoms with Gasteiger partial charge in [0.1, 0.15) is 5.82 Å². The van der Waals surface area contributed by atoms with Crippen LogP contribution in [0, 0.1) is 0 Å². The molecule has 0 atom stereocenters. The Morgan fingerprint density at radius 3 is 2.44 bits per heavy atom. The number of aromatic nitrogens is 4. The van der Waals surface area contributed by atoms with Gasteiger partial charge in [-0.25, -0.2) is 28.5 Å². The Balaban J connectivity index is 1.47. The predicted octanol–water partition coefficient (Wildman–Crippen LogP) is 3.50. The molecular formula is C26H34N8O4S. The van der Waals surface area contributed by atoms with E-state index in [1.807, 2.05) is 49.0 Å². The van der Waals surface area contributed by atoms with E-state index in [2.05, 4.69) is 23.0 Å². The van der Waals surface area contributed by atoms with E-state index in [1.165, 1.54) is 4.31 Å². The van der Waals surface area contributed by atoms with Gasteiger partial charge in [0.2, 0.25) is 0 Å². The van der Waals surface area contributed by atoms with Crippen LogP contribution in [0.25, 0.3) is 22.4 Å². The highest BCUT2D eigenvalue weighted by molar-refractivity contribution is 7.82. The second-order valence-electron chi connectivity index (χ2n) is 9.86. The van der Waals surface area contributed by atoms with Crippen molar-refractivity contribution in [2.75, 3.05) is 55.6 Å². The monoisotopic (exact) mass is 554 g/mol. The number of carbonyl (C=O) groups is 2. The number of rotatable bonds is 5. The quantitative estimate of drug-likeness (QED) is 0.460. The highest BCUT2D eigenvalue weighted by atomic mass is 32.1. The summed E-state index contributed by atoms with van der Waals surface area (Å²) in [5, 5.41) is 8.20. The normalized spacial score (nSPS) is 16.5. The summed E-state index contributed by atoms with van der Waals surface area (Å²) in [5.74, 6) is 1.40. The minimum atomic E-state index is -0.328. The highest BCUT2D eigenvalue weighted by Crippen LogP contribution is 2.32. The van der Waals surface area contributed by atoms with Gasteiger partial charge < -0.3 is 24.6 Å². The van der Waals surface area contributed by atoms with Crippen LogP contribution in [-0.4, -0.2) is 89.3 Å². The molecule has 208 valence electrons. The van der Waals surface area contributed by atoms with Gasteiger partial charge in [-0.3, -0.25) is 0 Å². The van der Waals surface area contributed by atoms with Gasteiger partial charge in [-0.1, -0.05) is 12.8 Å². The molecule has 4 heterocycles. The van der Waals surface area contributed by atoms with Gasteiger partial charge >= 0.3 is 12.1 Å². The second-order valence-corrected chi connectivity index (χ2v) is 10.3. The summed E-state index contributed by atoms with van der Waals surface area (Å²) in [4.78, 5) is 38.2. The molecule has 2 saturated heterocycles. The molecule has 1 aromatic carbocycles. The lowest BCUT2D eigenvalue weighted by molar-refractivity contribution is 0.0656. The van der Waals surface area contributed by atoms with Gasteiger partial charge in [-0.05, 0) is 51.0 Å². The van der Waals surface area contributed by atoms with Crippen LogP contribution >= 0.6 is 12.8 Å². The van der Waals surface area contributed by atoms with Crippen molar-refractivity contribution in [1.29, 1.82) is 0 Å². The third kappa shape index (κ3) is 5.74. The van der Waals surface area contributed by atoms with Crippen molar-refractivity contribution < 1.29 is 19.1 Å². The van der Waals surface area contributed by atoms with E-state index in [1.54, 1.807) is 11.9 Å². The minimum absolute atomic E-state index is 0.0959. The molecule has 0 aliphatic carbocycles. The molecule has 1 N–H and O–H groups in total. The van der Waals surface area contributed by atoms with Gasteiger partial charge in [0.15, 0.2) is 11.5 Å². The standard InChI is InChI=1S/C26H34N8O4S/c1-17(2)38-26(36)32-10-8-19(9-11-32)33-24-21(16-28-33)23(31-12-14-37-15-13-31)29-22(30-24)18-4-6-20(7-5-18)34(39)25(35)27-3/h4-7,16-17,19,39H,8-15H2,1-3H3,(H,27,35). The topological polar surface area (TPSA) is 118 Å². The minimum Gasteiger partial charge on any atom is -0.447 e. The Morgan fingerprint density at radius 1 is 1.10 bits per heavy atom. The fraction of sp³-hybridized carbons (Fsp3) is 0.500. The van der Waals surface area contributed by atoms with Crippen LogP contribution in [0.2, 0.25) is 0 Å². The first-order valence-electron chi connectivity index (χ1n) is 13.2. The van der Waals surface area contributed by atoms with E-state index in [9.17, 15) is 9.59 Å². The summed E-state index contributed by atoms with van der Waals surface area (Å²) in [7, 11) is 1.56.